The summed E-state index contributed by atoms with van der Waals surface area (Å²) < 4.78 is 0. The minimum Gasteiger partial charge on any atom is -0.352 e. The van der Waals surface area contributed by atoms with Gasteiger partial charge in [0.05, 0.1) is 12.1 Å². The SMILES string of the molecule is CSC(=O)[C@H](CCCNC(N)=O)NC(=O)[C@@H](NC(C)C)C(C)C. The molecule has 8 heteroatoms. The normalized spacial score (nSPS) is 13.7. The third-order valence-electron chi connectivity index (χ3n) is 3.23. The molecular weight excluding hydrogens is 316 g/mol. The van der Waals surface area contributed by atoms with Crippen LogP contribution in [0.1, 0.15) is 40.5 Å². The van der Waals surface area contributed by atoms with Crippen LogP contribution in [0.2, 0.25) is 0 Å². The second kappa shape index (κ2) is 11.3. The summed E-state index contributed by atoms with van der Waals surface area (Å²) in [5.74, 6) is -0.0667. The number of hydrogen-bond acceptors (Lipinski definition) is 5. The second-order valence-electron chi connectivity index (χ2n) is 6.06. The maximum Gasteiger partial charge on any atom is 0.312 e. The Bertz CT molecular complexity index is 402. The van der Waals surface area contributed by atoms with Gasteiger partial charge >= 0.3 is 6.03 Å². The zero-order valence-electron chi connectivity index (χ0n) is 14.6. The van der Waals surface area contributed by atoms with Crippen molar-refractivity contribution in [2.45, 2.75) is 58.7 Å². The lowest BCUT2D eigenvalue weighted by atomic mass is 10.0. The van der Waals surface area contributed by atoms with E-state index in [0.29, 0.717) is 19.4 Å². The van der Waals surface area contributed by atoms with Crippen LogP contribution in [-0.4, -0.2) is 48.0 Å². The molecule has 2 atom stereocenters. The van der Waals surface area contributed by atoms with Gasteiger partial charge in [0.2, 0.25) is 11.0 Å². The van der Waals surface area contributed by atoms with E-state index in [1.165, 1.54) is 0 Å². The summed E-state index contributed by atoms with van der Waals surface area (Å²) in [5, 5.41) is 8.43. The van der Waals surface area contributed by atoms with Crippen molar-refractivity contribution >= 4 is 28.8 Å². The first kappa shape index (κ1) is 21.7. The van der Waals surface area contributed by atoms with Gasteiger partial charge < -0.3 is 21.7 Å². The molecule has 0 saturated carbocycles. The predicted molar refractivity (Wildman–Crippen MR) is 94.2 cm³/mol. The van der Waals surface area contributed by atoms with Crippen molar-refractivity contribution in [1.29, 1.82) is 0 Å². The lowest BCUT2D eigenvalue weighted by Gasteiger charge is -2.26. The van der Waals surface area contributed by atoms with Crippen LogP contribution in [0.4, 0.5) is 4.79 Å². The molecule has 0 aliphatic carbocycles. The first-order valence-electron chi connectivity index (χ1n) is 7.86. The molecule has 23 heavy (non-hydrogen) atoms. The Hall–Kier alpha value is -1.28. The van der Waals surface area contributed by atoms with E-state index >= 15 is 0 Å². The number of hydrogen-bond donors (Lipinski definition) is 4. The van der Waals surface area contributed by atoms with E-state index in [-0.39, 0.29) is 29.0 Å². The fourth-order valence-electron chi connectivity index (χ4n) is 2.10. The highest BCUT2D eigenvalue weighted by Crippen LogP contribution is 2.09. The molecular formula is C15H30N4O3S. The van der Waals surface area contributed by atoms with Gasteiger partial charge in [-0.2, -0.15) is 0 Å². The number of carbonyl (C=O) groups excluding carboxylic acids is 3. The molecule has 0 heterocycles. The van der Waals surface area contributed by atoms with Gasteiger partial charge in [0.15, 0.2) is 0 Å². The summed E-state index contributed by atoms with van der Waals surface area (Å²) in [5.41, 5.74) is 5.00. The third kappa shape index (κ3) is 9.45. The smallest absolute Gasteiger partial charge is 0.312 e. The van der Waals surface area contributed by atoms with E-state index in [2.05, 4.69) is 16.0 Å². The van der Waals surface area contributed by atoms with E-state index in [1.807, 2.05) is 27.7 Å². The Balaban J connectivity index is 4.69. The fraction of sp³-hybridized carbons (Fsp3) is 0.800. The number of amides is 3. The topological polar surface area (TPSA) is 113 Å². The monoisotopic (exact) mass is 346 g/mol. The summed E-state index contributed by atoms with van der Waals surface area (Å²) in [6, 6.07) is -1.34. The van der Waals surface area contributed by atoms with Crippen LogP contribution >= 0.6 is 11.8 Å². The number of carbonyl (C=O) groups is 3. The second-order valence-corrected chi connectivity index (χ2v) is 6.87. The molecule has 0 aromatic carbocycles. The van der Waals surface area contributed by atoms with Gasteiger partial charge in [-0.3, -0.25) is 9.59 Å². The molecule has 0 bridgehead atoms. The summed E-state index contributed by atoms with van der Waals surface area (Å²) in [6.45, 7) is 8.25. The lowest BCUT2D eigenvalue weighted by Crippen LogP contribution is -2.53. The lowest BCUT2D eigenvalue weighted by molar-refractivity contribution is -0.127. The molecule has 0 rings (SSSR count). The van der Waals surface area contributed by atoms with E-state index < -0.39 is 12.1 Å². The van der Waals surface area contributed by atoms with Gasteiger partial charge in [0, 0.05) is 12.6 Å². The maximum atomic E-state index is 12.5. The van der Waals surface area contributed by atoms with Crippen LogP contribution in [0.15, 0.2) is 0 Å². The molecule has 0 aliphatic rings. The largest absolute Gasteiger partial charge is 0.352 e. The molecule has 3 amide bonds. The van der Waals surface area contributed by atoms with Crippen molar-refractivity contribution in [2.24, 2.45) is 11.7 Å². The fourth-order valence-corrected chi connectivity index (χ4v) is 2.56. The van der Waals surface area contributed by atoms with E-state index in [1.54, 1.807) is 6.26 Å². The molecule has 0 fully saturated rings. The van der Waals surface area contributed by atoms with Crippen molar-refractivity contribution in [1.82, 2.24) is 16.0 Å². The summed E-state index contributed by atoms with van der Waals surface area (Å²) in [4.78, 5) is 35.1. The number of thioether (sulfide) groups is 1. The summed E-state index contributed by atoms with van der Waals surface area (Å²) in [6.07, 6.45) is 2.71. The number of nitrogens with two attached hydrogens (primary N) is 1. The van der Waals surface area contributed by atoms with Crippen molar-refractivity contribution in [3.63, 3.8) is 0 Å². The van der Waals surface area contributed by atoms with E-state index in [9.17, 15) is 14.4 Å². The highest BCUT2D eigenvalue weighted by Gasteiger charge is 2.27. The van der Waals surface area contributed by atoms with Gasteiger partial charge in [-0.25, -0.2) is 4.79 Å². The highest BCUT2D eigenvalue weighted by atomic mass is 32.2. The van der Waals surface area contributed by atoms with E-state index in [0.717, 1.165) is 11.8 Å². The molecule has 0 unspecified atom stereocenters. The zero-order chi connectivity index (χ0) is 18.0. The Morgan fingerprint density at radius 2 is 1.74 bits per heavy atom. The molecule has 0 aromatic heterocycles. The highest BCUT2D eigenvalue weighted by molar-refractivity contribution is 8.13. The molecule has 0 saturated heterocycles. The summed E-state index contributed by atoms with van der Waals surface area (Å²) in [7, 11) is 0. The zero-order valence-corrected chi connectivity index (χ0v) is 15.5. The standard InChI is InChI=1S/C15H30N4O3S/c1-9(2)12(18-10(3)4)13(20)19-11(14(21)23-5)7-6-8-17-15(16)22/h9-12,18H,6-8H2,1-5H3,(H,19,20)(H3,16,17,22)/t11-,12-/m0/s1. The molecule has 0 spiro atoms. The third-order valence-corrected chi connectivity index (χ3v) is 3.92. The minimum atomic E-state index is -0.595. The van der Waals surface area contributed by atoms with Crippen molar-refractivity contribution in [2.75, 3.05) is 12.8 Å². The van der Waals surface area contributed by atoms with Crippen LogP contribution in [0.5, 0.6) is 0 Å². The van der Waals surface area contributed by atoms with E-state index in [4.69, 9.17) is 5.73 Å². The molecule has 0 aliphatic heterocycles. The van der Waals surface area contributed by atoms with Crippen molar-refractivity contribution in [3.8, 4) is 0 Å². The van der Waals surface area contributed by atoms with Gasteiger partial charge in [-0.05, 0) is 25.0 Å². The van der Waals surface area contributed by atoms with Gasteiger partial charge in [-0.1, -0.05) is 39.5 Å². The molecule has 0 aromatic rings. The van der Waals surface area contributed by atoms with Gasteiger partial charge in [0.1, 0.15) is 0 Å². The molecule has 134 valence electrons. The van der Waals surface area contributed by atoms with Crippen LogP contribution < -0.4 is 21.7 Å². The quantitative estimate of drug-likeness (QED) is 0.438. The van der Waals surface area contributed by atoms with Crippen LogP contribution in [0.25, 0.3) is 0 Å². The maximum absolute atomic E-state index is 12.5. The summed E-state index contributed by atoms with van der Waals surface area (Å²) >= 11 is 1.09. The molecule has 7 nitrogen and oxygen atoms in total. The average molecular weight is 346 g/mol. The predicted octanol–water partition coefficient (Wildman–Crippen LogP) is 0.832. The number of nitrogens with one attached hydrogen (secondary N) is 3. The Labute approximate surface area is 142 Å². The Kier molecular flexibility index (Phi) is 10.7. The van der Waals surface area contributed by atoms with Crippen LogP contribution in [-0.2, 0) is 9.59 Å². The van der Waals surface area contributed by atoms with Crippen molar-refractivity contribution in [3.05, 3.63) is 0 Å². The number of urea groups is 1. The Morgan fingerprint density at radius 3 is 2.17 bits per heavy atom. The van der Waals surface area contributed by atoms with Crippen LogP contribution in [0.3, 0.4) is 0 Å². The van der Waals surface area contributed by atoms with Gasteiger partial charge in [0.25, 0.3) is 0 Å². The number of primary amides is 1. The molecule has 0 radical (unpaired) electrons. The first-order valence-corrected chi connectivity index (χ1v) is 9.09. The van der Waals surface area contributed by atoms with Crippen molar-refractivity contribution < 1.29 is 14.4 Å². The Morgan fingerprint density at radius 1 is 1.13 bits per heavy atom. The average Bonchev–Trinajstić information content (AvgIpc) is 2.46. The first-order chi connectivity index (χ1) is 10.7. The number of rotatable bonds is 10. The van der Waals surface area contributed by atoms with Gasteiger partial charge in [-0.15, -0.1) is 0 Å². The minimum absolute atomic E-state index is 0.0931. The molecule has 5 N–H and O–H groups in total. The van der Waals surface area contributed by atoms with Crippen LogP contribution in [0, 0.1) is 5.92 Å².